The Bertz CT molecular complexity index is 966. The summed E-state index contributed by atoms with van der Waals surface area (Å²) in [5.74, 6) is -0.671. The Morgan fingerprint density at radius 3 is 2.37 bits per heavy atom. The van der Waals surface area contributed by atoms with Crippen molar-refractivity contribution in [1.29, 1.82) is 0 Å². The summed E-state index contributed by atoms with van der Waals surface area (Å²) >= 11 is 0. The molecule has 1 amide bonds. The Morgan fingerprint density at radius 1 is 0.889 bits per heavy atom. The zero-order chi connectivity index (χ0) is 19.1. The second-order valence-corrected chi connectivity index (χ2v) is 5.75. The van der Waals surface area contributed by atoms with Crippen LogP contribution in [0.1, 0.15) is 10.4 Å². The molecule has 6 nitrogen and oxygen atoms in total. The molecular formula is C21H17NO5. The summed E-state index contributed by atoms with van der Waals surface area (Å²) < 4.78 is 10.1. The van der Waals surface area contributed by atoms with E-state index in [4.69, 9.17) is 9.47 Å². The van der Waals surface area contributed by atoms with Crippen molar-refractivity contribution in [2.45, 2.75) is 0 Å². The summed E-state index contributed by atoms with van der Waals surface area (Å²) in [6.45, 7) is -0.733. The molecule has 0 atom stereocenters. The van der Waals surface area contributed by atoms with Crippen molar-refractivity contribution in [1.82, 2.24) is 0 Å². The SMILES string of the molecule is O=Cc1ccc(OCC(=O)OCC(=O)Nc2ccc3ccccc3c2)cc1. The summed E-state index contributed by atoms with van der Waals surface area (Å²) in [5.41, 5.74) is 1.14. The largest absolute Gasteiger partial charge is 0.482 e. The van der Waals surface area contributed by atoms with Crippen LogP contribution in [0.25, 0.3) is 10.8 Å². The Morgan fingerprint density at radius 2 is 1.63 bits per heavy atom. The van der Waals surface area contributed by atoms with Crippen molar-refractivity contribution >= 4 is 34.6 Å². The van der Waals surface area contributed by atoms with Gasteiger partial charge < -0.3 is 14.8 Å². The van der Waals surface area contributed by atoms with Gasteiger partial charge in [-0.2, -0.15) is 0 Å². The van der Waals surface area contributed by atoms with Crippen molar-refractivity contribution in [3.8, 4) is 5.75 Å². The number of esters is 1. The predicted octanol–water partition coefficient (Wildman–Crippen LogP) is 3.21. The van der Waals surface area contributed by atoms with Gasteiger partial charge in [0.1, 0.15) is 12.0 Å². The van der Waals surface area contributed by atoms with Gasteiger partial charge in [-0.15, -0.1) is 0 Å². The van der Waals surface area contributed by atoms with Crippen molar-refractivity contribution < 1.29 is 23.9 Å². The molecule has 0 saturated heterocycles. The van der Waals surface area contributed by atoms with Gasteiger partial charge in [-0.3, -0.25) is 9.59 Å². The van der Waals surface area contributed by atoms with Gasteiger partial charge in [-0.05, 0) is 47.2 Å². The van der Waals surface area contributed by atoms with E-state index in [-0.39, 0.29) is 6.61 Å². The maximum atomic E-state index is 11.9. The van der Waals surface area contributed by atoms with Crippen LogP contribution in [-0.4, -0.2) is 31.4 Å². The number of anilines is 1. The molecule has 0 aliphatic rings. The Labute approximate surface area is 155 Å². The average Bonchev–Trinajstić information content (AvgIpc) is 2.71. The number of fused-ring (bicyclic) bond motifs is 1. The lowest BCUT2D eigenvalue weighted by Crippen LogP contribution is -2.23. The number of carbonyl (C=O) groups excluding carboxylic acids is 3. The molecule has 0 fully saturated rings. The zero-order valence-electron chi connectivity index (χ0n) is 14.4. The van der Waals surface area contributed by atoms with Gasteiger partial charge >= 0.3 is 5.97 Å². The van der Waals surface area contributed by atoms with Crippen molar-refractivity contribution in [3.05, 3.63) is 72.3 Å². The van der Waals surface area contributed by atoms with E-state index in [0.29, 0.717) is 23.3 Å². The van der Waals surface area contributed by atoms with Crippen LogP contribution in [0, 0.1) is 0 Å². The summed E-state index contributed by atoms with van der Waals surface area (Å²) in [5, 5.41) is 4.76. The van der Waals surface area contributed by atoms with E-state index in [0.717, 1.165) is 10.8 Å². The smallest absolute Gasteiger partial charge is 0.344 e. The molecule has 3 aromatic rings. The van der Waals surface area contributed by atoms with Crippen LogP contribution >= 0.6 is 0 Å². The minimum absolute atomic E-state index is 0.330. The van der Waals surface area contributed by atoms with Crippen LogP contribution in [0.15, 0.2) is 66.7 Å². The number of hydrogen-bond donors (Lipinski definition) is 1. The van der Waals surface area contributed by atoms with Crippen molar-refractivity contribution in [2.24, 2.45) is 0 Å². The molecule has 1 N–H and O–H groups in total. The van der Waals surface area contributed by atoms with E-state index in [2.05, 4.69) is 5.32 Å². The van der Waals surface area contributed by atoms with E-state index in [1.807, 2.05) is 36.4 Å². The lowest BCUT2D eigenvalue weighted by atomic mass is 10.1. The highest BCUT2D eigenvalue weighted by Crippen LogP contribution is 2.18. The highest BCUT2D eigenvalue weighted by molar-refractivity contribution is 5.95. The van der Waals surface area contributed by atoms with E-state index in [1.54, 1.807) is 30.3 Å². The molecule has 0 aliphatic carbocycles. The monoisotopic (exact) mass is 363 g/mol. The first-order valence-corrected chi connectivity index (χ1v) is 8.26. The van der Waals surface area contributed by atoms with E-state index in [9.17, 15) is 14.4 Å². The molecule has 0 spiro atoms. The number of nitrogens with one attached hydrogen (secondary N) is 1. The van der Waals surface area contributed by atoms with Gasteiger partial charge in [0.15, 0.2) is 13.2 Å². The molecule has 136 valence electrons. The van der Waals surface area contributed by atoms with Crippen LogP contribution in [0.4, 0.5) is 5.69 Å². The van der Waals surface area contributed by atoms with Gasteiger partial charge in [0, 0.05) is 11.3 Å². The number of benzene rings is 3. The van der Waals surface area contributed by atoms with Crippen molar-refractivity contribution in [3.63, 3.8) is 0 Å². The molecule has 27 heavy (non-hydrogen) atoms. The van der Waals surface area contributed by atoms with Crippen LogP contribution in [0.2, 0.25) is 0 Å². The second-order valence-electron chi connectivity index (χ2n) is 5.75. The number of aldehydes is 1. The number of hydrogen-bond acceptors (Lipinski definition) is 5. The molecule has 3 rings (SSSR count). The Hall–Kier alpha value is -3.67. The first-order chi connectivity index (χ1) is 13.1. The minimum atomic E-state index is -0.664. The maximum Gasteiger partial charge on any atom is 0.344 e. The Kier molecular flexibility index (Phi) is 5.79. The molecule has 0 heterocycles. The van der Waals surface area contributed by atoms with Crippen molar-refractivity contribution in [2.75, 3.05) is 18.5 Å². The van der Waals surface area contributed by atoms with Crippen LogP contribution in [0.3, 0.4) is 0 Å². The number of carbonyl (C=O) groups is 3. The summed E-state index contributed by atoms with van der Waals surface area (Å²) in [7, 11) is 0. The van der Waals surface area contributed by atoms with Crippen LogP contribution < -0.4 is 10.1 Å². The second kappa shape index (κ2) is 8.62. The third kappa shape index (κ3) is 5.15. The van der Waals surface area contributed by atoms with Gasteiger partial charge in [-0.25, -0.2) is 4.79 Å². The normalized spacial score (nSPS) is 10.2. The van der Waals surface area contributed by atoms with Gasteiger partial charge in [0.2, 0.25) is 0 Å². The fourth-order valence-corrected chi connectivity index (χ4v) is 2.44. The lowest BCUT2D eigenvalue weighted by molar-refractivity contribution is -0.149. The molecule has 3 aromatic carbocycles. The van der Waals surface area contributed by atoms with E-state index < -0.39 is 18.5 Å². The third-order valence-electron chi connectivity index (χ3n) is 3.77. The van der Waals surface area contributed by atoms with Gasteiger partial charge in [0.25, 0.3) is 5.91 Å². The van der Waals surface area contributed by atoms with E-state index >= 15 is 0 Å². The summed E-state index contributed by atoms with van der Waals surface area (Å²) in [4.78, 5) is 34.2. The minimum Gasteiger partial charge on any atom is -0.482 e. The van der Waals surface area contributed by atoms with Crippen LogP contribution in [0.5, 0.6) is 5.75 Å². The molecule has 0 radical (unpaired) electrons. The highest BCUT2D eigenvalue weighted by Gasteiger charge is 2.09. The Balaban J connectivity index is 1.44. The summed E-state index contributed by atoms with van der Waals surface area (Å²) in [6.07, 6.45) is 0.714. The number of rotatable bonds is 7. The lowest BCUT2D eigenvalue weighted by Gasteiger charge is -2.08. The van der Waals surface area contributed by atoms with Gasteiger partial charge in [-0.1, -0.05) is 30.3 Å². The zero-order valence-corrected chi connectivity index (χ0v) is 14.4. The topological polar surface area (TPSA) is 81.7 Å². The average molecular weight is 363 g/mol. The van der Waals surface area contributed by atoms with Crippen LogP contribution in [-0.2, 0) is 14.3 Å². The molecule has 0 saturated carbocycles. The highest BCUT2D eigenvalue weighted by atomic mass is 16.6. The number of amides is 1. The first kappa shape index (κ1) is 18.1. The standard InChI is InChI=1S/C21H17NO5/c23-12-15-5-9-19(10-6-15)26-14-21(25)27-13-20(24)22-18-8-7-16-3-1-2-4-17(16)11-18/h1-12H,13-14H2,(H,22,24). The predicted molar refractivity (Wildman–Crippen MR) is 101 cm³/mol. The first-order valence-electron chi connectivity index (χ1n) is 8.26. The molecular weight excluding hydrogens is 346 g/mol. The maximum absolute atomic E-state index is 11.9. The molecule has 6 heteroatoms. The number of ether oxygens (including phenoxy) is 2. The molecule has 0 bridgehead atoms. The fraction of sp³-hybridized carbons (Fsp3) is 0.0952. The third-order valence-corrected chi connectivity index (χ3v) is 3.77. The fourth-order valence-electron chi connectivity index (χ4n) is 2.44. The van der Waals surface area contributed by atoms with Gasteiger partial charge in [0.05, 0.1) is 0 Å². The molecule has 0 unspecified atom stereocenters. The molecule has 0 aliphatic heterocycles. The molecule has 0 aromatic heterocycles. The summed E-state index contributed by atoms with van der Waals surface area (Å²) in [6, 6.07) is 19.6. The van der Waals surface area contributed by atoms with E-state index in [1.165, 1.54) is 0 Å². The quantitative estimate of drug-likeness (QED) is 0.515.